The molecule has 1 aromatic rings. The molecule has 0 amide bonds. The number of nitrogens with two attached hydrogens (primary N) is 1. The summed E-state index contributed by atoms with van der Waals surface area (Å²) in [5, 5.41) is 3.57. The van der Waals surface area contributed by atoms with E-state index in [0.29, 0.717) is 29.9 Å². The van der Waals surface area contributed by atoms with E-state index in [4.69, 9.17) is 10.5 Å². The van der Waals surface area contributed by atoms with Gasteiger partial charge in [-0.2, -0.15) is 0 Å². The third-order valence-electron chi connectivity index (χ3n) is 4.51. The van der Waals surface area contributed by atoms with E-state index < -0.39 is 0 Å². The number of carbonyl (C=O) groups excluding carboxylic acids is 1. The maximum absolute atomic E-state index is 11.9. The Morgan fingerprint density at radius 2 is 2.29 bits per heavy atom. The van der Waals surface area contributed by atoms with E-state index in [-0.39, 0.29) is 5.97 Å². The average molecular weight is 289 g/mol. The van der Waals surface area contributed by atoms with Crippen molar-refractivity contribution in [2.24, 2.45) is 0 Å². The highest BCUT2D eigenvalue weighted by molar-refractivity contribution is 5.96. The molecule has 21 heavy (non-hydrogen) atoms. The lowest BCUT2D eigenvalue weighted by Crippen LogP contribution is -2.33. The second-order valence-electron chi connectivity index (χ2n) is 5.81. The summed E-state index contributed by atoms with van der Waals surface area (Å²) < 4.78 is 5.05. The topological polar surface area (TPSA) is 67.6 Å². The van der Waals surface area contributed by atoms with E-state index in [9.17, 15) is 4.79 Å². The van der Waals surface area contributed by atoms with Crippen LogP contribution in [0, 0.1) is 0 Å². The number of fused-ring (bicyclic) bond motifs is 1. The Morgan fingerprint density at radius 3 is 3.10 bits per heavy atom. The Labute approximate surface area is 125 Å². The number of carbonyl (C=O) groups is 1. The molecular formula is C16H23N3O2. The zero-order valence-corrected chi connectivity index (χ0v) is 12.5. The molecular weight excluding hydrogens is 266 g/mol. The van der Waals surface area contributed by atoms with Crippen LogP contribution < -0.4 is 11.1 Å². The molecule has 1 aromatic carbocycles. The first-order valence-corrected chi connectivity index (χ1v) is 7.76. The number of ether oxygens (including phenoxy) is 1. The fourth-order valence-electron chi connectivity index (χ4n) is 3.50. The van der Waals surface area contributed by atoms with Crippen LogP contribution in [-0.2, 0) is 4.74 Å². The van der Waals surface area contributed by atoms with Gasteiger partial charge in [-0.15, -0.1) is 0 Å². The van der Waals surface area contributed by atoms with Gasteiger partial charge in [-0.3, -0.25) is 4.90 Å². The van der Waals surface area contributed by atoms with Crippen molar-refractivity contribution in [3.05, 3.63) is 23.8 Å². The molecule has 2 aliphatic rings. The highest BCUT2D eigenvalue weighted by Crippen LogP contribution is 2.30. The molecule has 2 saturated heterocycles. The number of nitrogens with one attached hydrogen (secondary N) is 1. The molecule has 2 aliphatic heterocycles. The summed E-state index contributed by atoms with van der Waals surface area (Å²) in [4.78, 5) is 14.5. The Hall–Kier alpha value is -1.75. The first-order valence-electron chi connectivity index (χ1n) is 7.76. The van der Waals surface area contributed by atoms with Crippen LogP contribution in [0.3, 0.4) is 0 Å². The standard InChI is InChI=1S/C16H23N3O2/c1-2-21-16(20)12-10-11(5-6-13(12)17)18-14-7-9-19-8-3-4-15(14)19/h5-6,10,14-15,18H,2-4,7-9,17H2,1H3. The van der Waals surface area contributed by atoms with Gasteiger partial charge in [0.2, 0.25) is 0 Å². The SMILES string of the molecule is CCOC(=O)c1cc(NC2CCN3CCCC23)ccc1N. The van der Waals surface area contributed by atoms with E-state index in [1.165, 1.54) is 25.9 Å². The quantitative estimate of drug-likeness (QED) is 0.656. The monoisotopic (exact) mass is 289 g/mol. The van der Waals surface area contributed by atoms with Gasteiger partial charge in [0.05, 0.1) is 12.2 Å². The molecule has 0 saturated carbocycles. The molecule has 3 N–H and O–H groups in total. The van der Waals surface area contributed by atoms with Gasteiger partial charge in [0.15, 0.2) is 0 Å². The van der Waals surface area contributed by atoms with Crippen LogP contribution in [0.5, 0.6) is 0 Å². The number of hydrogen-bond acceptors (Lipinski definition) is 5. The maximum Gasteiger partial charge on any atom is 0.340 e. The Bertz CT molecular complexity index is 532. The van der Waals surface area contributed by atoms with Gasteiger partial charge < -0.3 is 15.8 Å². The molecule has 2 unspecified atom stereocenters. The highest BCUT2D eigenvalue weighted by Gasteiger charge is 2.37. The average Bonchev–Trinajstić information content (AvgIpc) is 3.06. The number of benzene rings is 1. The van der Waals surface area contributed by atoms with Crippen molar-refractivity contribution in [3.8, 4) is 0 Å². The van der Waals surface area contributed by atoms with Crippen LogP contribution in [0.25, 0.3) is 0 Å². The number of rotatable bonds is 4. The fraction of sp³-hybridized carbons (Fsp3) is 0.562. The van der Waals surface area contributed by atoms with Crippen molar-refractivity contribution in [2.45, 2.75) is 38.3 Å². The summed E-state index contributed by atoms with van der Waals surface area (Å²) in [5.41, 5.74) is 7.74. The second-order valence-corrected chi connectivity index (χ2v) is 5.81. The smallest absolute Gasteiger partial charge is 0.340 e. The summed E-state index contributed by atoms with van der Waals surface area (Å²) in [6.07, 6.45) is 3.71. The molecule has 0 radical (unpaired) electrons. The van der Waals surface area contributed by atoms with Crippen LogP contribution in [0.2, 0.25) is 0 Å². The Balaban J connectivity index is 1.74. The molecule has 2 heterocycles. The van der Waals surface area contributed by atoms with Crippen molar-refractivity contribution >= 4 is 17.3 Å². The molecule has 0 spiro atoms. The number of anilines is 2. The molecule has 0 aromatic heterocycles. The molecule has 0 bridgehead atoms. The summed E-state index contributed by atoms with van der Waals surface area (Å²) in [6, 6.07) is 6.62. The lowest BCUT2D eigenvalue weighted by Gasteiger charge is -2.22. The fourth-order valence-corrected chi connectivity index (χ4v) is 3.50. The normalized spacial score (nSPS) is 24.8. The number of nitrogens with zero attached hydrogens (tertiary/aromatic N) is 1. The summed E-state index contributed by atoms with van der Waals surface area (Å²) in [5.74, 6) is -0.354. The molecule has 114 valence electrons. The van der Waals surface area contributed by atoms with Crippen LogP contribution in [0.4, 0.5) is 11.4 Å². The third-order valence-corrected chi connectivity index (χ3v) is 4.51. The van der Waals surface area contributed by atoms with Gasteiger partial charge in [-0.05, 0) is 50.9 Å². The van der Waals surface area contributed by atoms with E-state index in [0.717, 1.165) is 12.1 Å². The first kappa shape index (κ1) is 14.2. The zero-order chi connectivity index (χ0) is 14.8. The minimum atomic E-state index is -0.354. The molecule has 5 heteroatoms. The number of esters is 1. The van der Waals surface area contributed by atoms with E-state index in [1.807, 2.05) is 12.1 Å². The van der Waals surface area contributed by atoms with Crippen LogP contribution in [0.15, 0.2) is 18.2 Å². The predicted molar refractivity (Wildman–Crippen MR) is 83.4 cm³/mol. The second kappa shape index (κ2) is 5.93. The van der Waals surface area contributed by atoms with Crippen molar-refractivity contribution in [1.82, 2.24) is 4.90 Å². The molecule has 0 aliphatic carbocycles. The van der Waals surface area contributed by atoms with Gasteiger partial charge in [-0.25, -0.2) is 4.79 Å². The largest absolute Gasteiger partial charge is 0.462 e. The van der Waals surface area contributed by atoms with Crippen LogP contribution in [0.1, 0.15) is 36.5 Å². The molecule has 5 nitrogen and oxygen atoms in total. The summed E-state index contributed by atoms with van der Waals surface area (Å²) in [7, 11) is 0. The lowest BCUT2D eigenvalue weighted by atomic mass is 10.1. The summed E-state index contributed by atoms with van der Waals surface area (Å²) >= 11 is 0. The van der Waals surface area contributed by atoms with E-state index in [1.54, 1.807) is 13.0 Å². The van der Waals surface area contributed by atoms with Crippen molar-refractivity contribution in [2.75, 3.05) is 30.7 Å². The predicted octanol–water partition coefficient (Wildman–Crippen LogP) is 2.09. The van der Waals surface area contributed by atoms with E-state index in [2.05, 4.69) is 10.2 Å². The van der Waals surface area contributed by atoms with Gasteiger partial charge in [0.25, 0.3) is 0 Å². The highest BCUT2D eigenvalue weighted by atomic mass is 16.5. The molecule has 2 atom stereocenters. The molecule has 2 fully saturated rings. The maximum atomic E-state index is 11.9. The summed E-state index contributed by atoms with van der Waals surface area (Å²) in [6.45, 7) is 4.54. The lowest BCUT2D eigenvalue weighted by molar-refractivity contribution is 0.0527. The molecule has 3 rings (SSSR count). The minimum Gasteiger partial charge on any atom is -0.462 e. The van der Waals surface area contributed by atoms with Gasteiger partial charge in [0, 0.05) is 30.0 Å². The van der Waals surface area contributed by atoms with Gasteiger partial charge in [-0.1, -0.05) is 0 Å². The van der Waals surface area contributed by atoms with E-state index >= 15 is 0 Å². The zero-order valence-electron chi connectivity index (χ0n) is 12.5. The van der Waals surface area contributed by atoms with Crippen LogP contribution in [-0.4, -0.2) is 42.6 Å². The Kier molecular flexibility index (Phi) is 4.01. The number of nitrogen functional groups attached to an aromatic ring is 1. The minimum absolute atomic E-state index is 0.354. The Morgan fingerprint density at radius 1 is 1.43 bits per heavy atom. The first-order chi connectivity index (χ1) is 10.2. The van der Waals surface area contributed by atoms with Gasteiger partial charge in [0.1, 0.15) is 0 Å². The van der Waals surface area contributed by atoms with Crippen LogP contribution >= 0.6 is 0 Å². The van der Waals surface area contributed by atoms with Crippen molar-refractivity contribution in [1.29, 1.82) is 0 Å². The van der Waals surface area contributed by atoms with Crippen molar-refractivity contribution < 1.29 is 9.53 Å². The van der Waals surface area contributed by atoms with Crippen molar-refractivity contribution in [3.63, 3.8) is 0 Å². The number of hydrogen-bond donors (Lipinski definition) is 2. The third kappa shape index (κ3) is 2.83. The van der Waals surface area contributed by atoms with Gasteiger partial charge >= 0.3 is 5.97 Å².